The molecule has 4 rings (SSSR count). The first-order valence-corrected chi connectivity index (χ1v) is 11.0. The van der Waals surface area contributed by atoms with E-state index < -0.39 is 6.09 Å². The summed E-state index contributed by atoms with van der Waals surface area (Å²) in [4.78, 5) is 34.0. The third-order valence-corrected chi connectivity index (χ3v) is 6.22. The van der Waals surface area contributed by atoms with Crippen molar-refractivity contribution in [1.82, 2.24) is 15.3 Å². The third kappa shape index (κ3) is 4.62. The number of unbranched alkanes of at least 4 members (excludes halogenated alkanes) is 1. The standard InChI is InChI=1S/C23H29N5O3/c1-2-3-10-24-22-25-12-20-19-9-4-15(14-29)11-16(19)13-28(21(20)27-22)18-7-5-17(6-8-18)26-23(30)31/h4,9,11-12,14,17-18,26H,2-3,5-8,10,13H2,1H3,(H,30,31)(H,24,25,27). The molecular weight excluding hydrogens is 394 g/mol. The van der Waals surface area contributed by atoms with Crippen LogP contribution in [0.3, 0.4) is 0 Å². The molecule has 0 radical (unpaired) electrons. The molecule has 164 valence electrons. The van der Waals surface area contributed by atoms with Crippen molar-refractivity contribution < 1.29 is 14.7 Å². The van der Waals surface area contributed by atoms with Crippen LogP contribution in [-0.2, 0) is 6.54 Å². The topological polar surface area (TPSA) is 107 Å². The van der Waals surface area contributed by atoms with Crippen molar-refractivity contribution in [2.24, 2.45) is 0 Å². The molecule has 0 atom stereocenters. The molecule has 0 bridgehead atoms. The van der Waals surface area contributed by atoms with Crippen molar-refractivity contribution in [3.63, 3.8) is 0 Å². The van der Waals surface area contributed by atoms with Crippen molar-refractivity contribution in [2.45, 2.75) is 64.1 Å². The van der Waals surface area contributed by atoms with E-state index in [4.69, 9.17) is 10.1 Å². The molecule has 1 aromatic heterocycles. The highest BCUT2D eigenvalue weighted by Gasteiger charge is 2.32. The molecule has 2 aliphatic rings. The highest BCUT2D eigenvalue weighted by Crippen LogP contribution is 2.41. The Balaban J connectivity index is 1.63. The molecule has 1 aliphatic heterocycles. The van der Waals surface area contributed by atoms with Crippen LogP contribution < -0.4 is 15.5 Å². The van der Waals surface area contributed by atoms with E-state index in [2.05, 4.69) is 27.4 Å². The van der Waals surface area contributed by atoms with Crippen LogP contribution in [0.1, 0.15) is 61.4 Å². The summed E-state index contributed by atoms with van der Waals surface area (Å²) in [7, 11) is 0. The van der Waals surface area contributed by atoms with E-state index in [1.807, 2.05) is 24.4 Å². The van der Waals surface area contributed by atoms with Gasteiger partial charge in [-0.15, -0.1) is 0 Å². The molecule has 31 heavy (non-hydrogen) atoms. The Labute approximate surface area is 182 Å². The molecule has 8 heteroatoms. The second-order valence-electron chi connectivity index (χ2n) is 8.33. The highest BCUT2D eigenvalue weighted by atomic mass is 16.4. The summed E-state index contributed by atoms with van der Waals surface area (Å²) in [5, 5.41) is 15.0. The van der Waals surface area contributed by atoms with Gasteiger partial charge in [0.15, 0.2) is 0 Å². The van der Waals surface area contributed by atoms with Crippen molar-refractivity contribution in [2.75, 3.05) is 16.8 Å². The maximum absolute atomic E-state index is 11.3. The summed E-state index contributed by atoms with van der Waals surface area (Å²) in [5.74, 6) is 1.54. The summed E-state index contributed by atoms with van der Waals surface area (Å²) in [6.07, 6.45) is 7.32. The van der Waals surface area contributed by atoms with Gasteiger partial charge in [-0.05, 0) is 49.3 Å². The lowest BCUT2D eigenvalue weighted by Crippen LogP contribution is -2.44. The number of nitrogens with one attached hydrogen (secondary N) is 2. The van der Waals surface area contributed by atoms with Crippen LogP contribution in [-0.4, -0.2) is 46.1 Å². The van der Waals surface area contributed by atoms with E-state index in [0.29, 0.717) is 18.1 Å². The molecule has 0 spiro atoms. The Morgan fingerprint density at radius 1 is 1.26 bits per heavy atom. The average Bonchev–Trinajstić information content (AvgIpc) is 2.78. The van der Waals surface area contributed by atoms with E-state index >= 15 is 0 Å². The van der Waals surface area contributed by atoms with Gasteiger partial charge in [-0.25, -0.2) is 9.78 Å². The maximum Gasteiger partial charge on any atom is 0.404 e. The first kappa shape index (κ1) is 21.1. The van der Waals surface area contributed by atoms with E-state index in [9.17, 15) is 9.59 Å². The fraction of sp³-hybridized carbons (Fsp3) is 0.478. The number of carbonyl (C=O) groups is 2. The Morgan fingerprint density at radius 2 is 2.06 bits per heavy atom. The smallest absolute Gasteiger partial charge is 0.404 e. The van der Waals surface area contributed by atoms with Gasteiger partial charge in [-0.1, -0.05) is 25.5 Å². The maximum atomic E-state index is 11.3. The molecule has 1 amide bonds. The second-order valence-corrected chi connectivity index (χ2v) is 8.33. The molecule has 8 nitrogen and oxygen atoms in total. The van der Waals surface area contributed by atoms with Crippen LogP contribution in [0, 0.1) is 0 Å². The molecule has 1 fully saturated rings. The Bertz CT molecular complexity index is 956. The molecule has 2 aromatic rings. The number of aromatic nitrogens is 2. The average molecular weight is 424 g/mol. The monoisotopic (exact) mass is 423 g/mol. The van der Waals surface area contributed by atoms with Crippen LogP contribution in [0.25, 0.3) is 11.1 Å². The Morgan fingerprint density at radius 3 is 2.77 bits per heavy atom. The van der Waals surface area contributed by atoms with E-state index in [-0.39, 0.29) is 12.1 Å². The lowest BCUT2D eigenvalue weighted by Gasteiger charge is -2.41. The minimum Gasteiger partial charge on any atom is -0.465 e. The van der Waals surface area contributed by atoms with Gasteiger partial charge in [-0.2, -0.15) is 4.98 Å². The zero-order chi connectivity index (χ0) is 21.8. The Kier molecular flexibility index (Phi) is 6.34. The van der Waals surface area contributed by atoms with Gasteiger partial charge in [0.2, 0.25) is 5.95 Å². The summed E-state index contributed by atoms with van der Waals surface area (Å²) in [6, 6.07) is 6.03. The van der Waals surface area contributed by atoms with Gasteiger partial charge in [0.1, 0.15) is 12.1 Å². The summed E-state index contributed by atoms with van der Waals surface area (Å²) < 4.78 is 0. The molecule has 1 aliphatic carbocycles. The summed E-state index contributed by atoms with van der Waals surface area (Å²) >= 11 is 0. The van der Waals surface area contributed by atoms with Gasteiger partial charge in [0.25, 0.3) is 0 Å². The van der Waals surface area contributed by atoms with Crippen LogP contribution in [0.2, 0.25) is 0 Å². The van der Waals surface area contributed by atoms with Gasteiger partial charge < -0.3 is 20.6 Å². The number of benzene rings is 1. The number of carboxylic acid groups (broad SMARTS) is 1. The number of anilines is 2. The third-order valence-electron chi connectivity index (χ3n) is 6.22. The van der Waals surface area contributed by atoms with E-state index in [1.165, 1.54) is 0 Å². The number of hydrogen-bond donors (Lipinski definition) is 3. The van der Waals surface area contributed by atoms with E-state index in [1.54, 1.807) is 0 Å². The largest absolute Gasteiger partial charge is 0.465 e. The molecule has 1 aromatic carbocycles. The number of hydrogen-bond acceptors (Lipinski definition) is 6. The normalized spacial score (nSPS) is 19.8. The zero-order valence-electron chi connectivity index (χ0n) is 17.8. The van der Waals surface area contributed by atoms with Crippen molar-refractivity contribution in [1.29, 1.82) is 0 Å². The fourth-order valence-corrected chi connectivity index (χ4v) is 4.59. The second kappa shape index (κ2) is 9.32. The fourth-order valence-electron chi connectivity index (χ4n) is 4.59. The van der Waals surface area contributed by atoms with Crippen LogP contribution >= 0.6 is 0 Å². The van der Waals surface area contributed by atoms with Gasteiger partial charge in [-0.3, -0.25) is 4.79 Å². The van der Waals surface area contributed by atoms with Gasteiger partial charge in [0.05, 0.1) is 0 Å². The minimum atomic E-state index is -0.961. The highest BCUT2D eigenvalue weighted by molar-refractivity contribution is 5.85. The SMILES string of the molecule is CCCCNc1ncc2c(n1)N(C1CCC(NC(=O)O)CC1)Cc1cc(C=O)ccc1-2. The lowest BCUT2D eigenvalue weighted by molar-refractivity contribution is 0.112. The number of amides is 1. The molecular formula is C23H29N5O3. The van der Waals surface area contributed by atoms with Crippen molar-refractivity contribution >= 4 is 24.1 Å². The van der Waals surface area contributed by atoms with Crippen molar-refractivity contribution in [3.05, 3.63) is 35.5 Å². The number of carbonyl (C=O) groups excluding carboxylic acids is 1. The number of fused-ring (bicyclic) bond motifs is 3. The first-order chi connectivity index (χ1) is 15.1. The van der Waals surface area contributed by atoms with Gasteiger partial charge in [0, 0.05) is 42.5 Å². The molecule has 0 unspecified atom stereocenters. The van der Waals surface area contributed by atoms with E-state index in [0.717, 1.165) is 73.9 Å². The number of nitrogens with zero attached hydrogens (tertiary/aromatic N) is 3. The number of rotatable bonds is 7. The molecule has 1 saturated carbocycles. The molecule has 2 heterocycles. The molecule has 0 saturated heterocycles. The van der Waals surface area contributed by atoms with Crippen molar-refractivity contribution in [3.8, 4) is 11.1 Å². The number of aldehydes is 1. The predicted octanol–water partition coefficient (Wildman–Crippen LogP) is 4.07. The van der Waals surface area contributed by atoms with Crippen LogP contribution in [0.4, 0.5) is 16.6 Å². The Hall–Kier alpha value is -3.16. The van der Waals surface area contributed by atoms with Crippen LogP contribution in [0.15, 0.2) is 24.4 Å². The quantitative estimate of drug-likeness (QED) is 0.455. The zero-order valence-corrected chi connectivity index (χ0v) is 17.8. The summed E-state index contributed by atoms with van der Waals surface area (Å²) in [5.41, 5.74) is 3.80. The minimum absolute atomic E-state index is 0.00336. The summed E-state index contributed by atoms with van der Waals surface area (Å²) in [6.45, 7) is 3.66. The first-order valence-electron chi connectivity index (χ1n) is 11.0. The lowest BCUT2D eigenvalue weighted by atomic mass is 9.87. The molecule has 3 N–H and O–H groups in total. The predicted molar refractivity (Wildman–Crippen MR) is 120 cm³/mol. The van der Waals surface area contributed by atoms with Crippen LogP contribution in [0.5, 0.6) is 0 Å². The van der Waals surface area contributed by atoms with Gasteiger partial charge >= 0.3 is 6.09 Å².